The van der Waals surface area contributed by atoms with Crippen LogP contribution >= 0.6 is 11.8 Å². The molecular weight excluding hydrogens is 423 g/mol. The predicted octanol–water partition coefficient (Wildman–Crippen LogP) is 4.05. The maximum atomic E-state index is 4.32. The highest BCUT2D eigenvalue weighted by atomic mass is 32.2. The van der Waals surface area contributed by atoms with Gasteiger partial charge in [0, 0.05) is 40.1 Å². The largest absolute Gasteiger partial charge is 0.314 e. The Morgan fingerprint density at radius 2 is 1.00 bits per heavy atom. The summed E-state index contributed by atoms with van der Waals surface area (Å²) >= 11 is 2.39. The van der Waals surface area contributed by atoms with Crippen LogP contribution < -0.4 is 21.3 Å². The van der Waals surface area contributed by atoms with Crippen molar-refractivity contribution in [2.45, 2.75) is 136 Å². The molecule has 6 saturated heterocycles. The first-order valence-corrected chi connectivity index (χ1v) is 15.9. The molecule has 0 aromatic carbocycles. The third-order valence-electron chi connectivity index (χ3n) is 11.5. The number of hydrogen-bond donors (Lipinski definition) is 4. The van der Waals surface area contributed by atoms with Crippen LogP contribution in [0, 0.1) is 5.41 Å². The van der Waals surface area contributed by atoms with E-state index in [4.69, 9.17) is 0 Å². The van der Waals surface area contributed by atoms with E-state index < -0.39 is 0 Å². The van der Waals surface area contributed by atoms with Crippen LogP contribution in [0.4, 0.5) is 0 Å². The van der Waals surface area contributed by atoms with Crippen LogP contribution in [-0.2, 0) is 0 Å². The molecule has 7 rings (SSSR count). The Balaban J connectivity index is 1.36. The van der Waals surface area contributed by atoms with Gasteiger partial charge in [-0.3, -0.25) is 0 Å². The van der Waals surface area contributed by atoms with Gasteiger partial charge >= 0.3 is 0 Å². The Morgan fingerprint density at radius 3 is 1.55 bits per heavy atom. The molecule has 1 aliphatic carbocycles. The minimum absolute atomic E-state index is 0.336. The number of rotatable bonds is 1. The fraction of sp³-hybridized carbons (Fsp3) is 1.00. The van der Waals surface area contributed by atoms with Gasteiger partial charge in [0.05, 0.1) is 0 Å². The van der Waals surface area contributed by atoms with E-state index in [1.165, 1.54) is 110 Å². The molecule has 7 fully saturated rings. The lowest BCUT2D eigenvalue weighted by Crippen LogP contribution is -2.84. The zero-order valence-corrected chi connectivity index (χ0v) is 21.5. The SMILES string of the molecule is C1CCC(B2C3CCCNC3C3(C4NCCCC4SC4CCCNC43)C3NCCCC23)CC1. The van der Waals surface area contributed by atoms with Crippen molar-refractivity contribution >= 4 is 18.5 Å². The molecule has 8 atom stereocenters. The molecule has 8 unspecified atom stereocenters. The van der Waals surface area contributed by atoms with Crippen molar-refractivity contribution < 1.29 is 0 Å². The molecule has 184 valence electrons. The normalized spacial score (nSPS) is 50.7. The first-order chi connectivity index (χ1) is 16.4. The van der Waals surface area contributed by atoms with Gasteiger partial charge in [-0.15, -0.1) is 0 Å². The van der Waals surface area contributed by atoms with Crippen molar-refractivity contribution in [1.29, 1.82) is 0 Å². The highest BCUT2D eigenvalue weighted by Crippen LogP contribution is 2.63. The number of fused-ring (bicyclic) bond motifs is 8. The average molecular weight is 471 g/mol. The molecule has 6 heteroatoms. The molecule has 33 heavy (non-hydrogen) atoms. The third kappa shape index (κ3) is 3.47. The molecule has 1 spiro atoms. The molecule has 0 aromatic heterocycles. The second-order valence-electron chi connectivity index (χ2n) is 12.8. The van der Waals surface area contributed by atoms with E-state index >= 15 is 0 Å². The lowest BCUT2D eigenvalue weighted by Gasteiger charge is -2.71. The topological polar surface area (TPSA) is 48.1 Å². The van der Waals surface area contributed by atoms with Gasteiger partial charge in [0.25, 0.3) is 0 Å². The lowest BCUT2D eigenvalue weighted by atomic mass is 9.18. The molecule has 0 radical (unpaired) electrons. The minimum atomic E-state index is 0.336. The smallest absolute Gasteiger partial charge is 0.153 e. The summed E-state index contributed by atoms with van der Waals surface area (Å²) in [5, 5.41) is 18.7. The van der Waals surface area contributed by atoms with Crippen LogP contribution in [-0.4, -0.2) is 67.6 Å². The Kier molecular flexibility index (Phi) is 6.32. The van der Waals surface area contributed by atoms with E-state index in [-0.39, 0.29) is 0 Å². The standard InChI is InChI=1S/C27H47BN4S/c1-2-8-18(9-3-1)28-19-10-4-14-29-23(19)27(24-20(28)11-5-15-30-24)25-21(12-6-16-31-25)33-22-13-7-17-32-26(22)27/h18-26,29-32H,1-17H2. The summed E-state index contributed by atoms with van der Waals surface area (Å²) in [5.74, 6) is 2.80. The highest BCUT2D eigenvalue weighted by Gasteiger charge is 2.70. The first-order valence-electron chi connectivity index (χ1n) is 15.0. The van der Waals surface area contributed by atoms with Crippen LogP contribution in [0.3, 0.4) is 0 Å². The zero-order chi connectivity index (χ0) is 21.8. The van der Waals surface area contributed by atoms with Gasteiger partial charge in [0.2, 0.25) is 0 Å². The molecule has 0 amide bonds. The highest BCUT2D eigenvalue weighted by molar-refractivity contribution is 8.00. The maximum absolute atomic E-state index is 4.32. The van der Waals surface area contributed by atoms with E-state index in [2.05, 4.69) is 33.0 Å². The Labute approximate surface area is 206 Å². The fourth-order valence-corrected chi connectivity index (χ4v) is 12.7. The summed E-state index contributed by atoms with van der Waals surface area (Å²) < 4.78 is 0. The number of nitrogens with one attached hydrogen (secondary N) is 4. The van der Waals surface area contributed by atoms with Crippen LogP contribution in [0.15, 0.2) is 0 Å². The molecule has 1 saturated carbocycles. The molecule has 0 aromatic rings. The summed E-state index contributed by atoms with van der Waals surface area (Å²) in [4.78, 5) is 0. The maximum Gasteiger partial charge on any atom is 0.153 e. The Hall–Kier alpha value is 0.255. The number of hydrogen-bond acceptors (Lipinski definition) is 5. The second kappa shape index (κ2) is 9.28. The van der Waals surface area contributed by atoms with Crippen LogP contribution in [0.25, 0.3) is 0 Å². The lowest BCUT2D eigenvalue weighted by molar-refractivity contribution is -0.0261. The quantitative estimate of drug-likeness (QED) is 0.436. The summed E-state index contributed by atoms with van der Waals surface area (Å²) in [7, 11) is 0. The van der Waals surface area contributed by atoms with E-state index in [1.54, 1.807) is 0 Å². The van der Waals surface area contributed by atoms with Gasteiger partial charge in [-0.25, -0.2) is 0 Å². The van der Waals surface area contributed by atoms with Crippen LogP contribution in [0.5, 0.6) is 0 Å². The van der Waals surface area contributed by atoms with Crippen molar-refractivity contribution in [3.05, 3.63) is 0 Å². The van der Waals surface area contributed by atoms with E-state index in [9.17, 15) is 0 Å². The molecule has 4 N–H and O–H groups in total. The van der Waals surface area contributed by atoms with E-state index in [1.807, 2.05) is 0 Å². The van der Waals surface area contributed by atoms with E-state index in [0.717, 1.165) is 34.7 Å². The third-order valence-corrected chi connectivity index (χ3v) is 13.2. The first kappa shape index (κ1) is 22.5. The molecule has 6 heterocycles. The van der Waals surface area contributed by atoms with Crippen molar-refractivity contribution in [1.82, 2.24) is 21.3 Å². The van der Waals surface area contributed by atoms with Gasteiger partial charge in [-0.1, -0.05) is 50.8 Å². The van der Waals surface area contributed by atoms with Gasteiger partial charge in [-0.05, 0) is 76.3 Å². The number of piperidine rings is 4. The van der Waals surface area contributed by atoms with Crippen molar-refractivity contribution in [3.63, 3.8) is 0 Å². The van der Waals surface area contributed by atoms with Gasteiger partial charge < -0.3 is 21.3 Å². The second-order valence-corrected chi connectivity index (χ2v) is 14.3. The summed E-state index contributed by atoms with van der Waals surface area (Å²) in [6.07, 6.45) is 19.0. The summed E-state index contributed by atoms with van der Waals surface area (Å²) in [5.41, 5.74) is 0.336. The molecule has 7 aliphatic rings. The summed E-state index contributed by atoms with van der Waals surface area (Å²) in [6.45, 7) is 5.94. The fourth-order valence-electron chi connectivity index (χ4n) is 10.7. The molecule has 6 aliphatic heterocycles. The number of thioether (sulfide) groups is 1. The van der Waals surface area contributed by atoms with E-state index in [0.29, 0.717) is 29.6 Å². The molecular formula is C27H47BN4S. The van der Waals surface area contributed by atoms with Crippen LogP contribution in [0.2, 0.25) is 17.5 Å². The minimum Gasteiger partial charge on any atom is -0.314 e. The van der Waals surface area contributed by atoms with Crippen molar-refractivity contribution in [3.8, 4) is 0 Å². The Morgan fingerprint density at radius 1 is 0.515 bits per heavy atom. The van der Waals surface area contributed by atoms with Gasteiger partial charge in [-0.2, -0.15) is 11.8 Å². The Bertz CT molecular complexity index is 654. The monoisotopic (exact) mass is 470 g/mol. The van der Waals surface area contributed by atoms with Crippen LogP contribution in [0.1, 0.15) is 83.5 Å². The zero-order valence-electron chi connectivity index (χ0n) is 20.7. The molecule has 0 bridgehead atoms. The van der Waals surface area contributed by atoms with Crippen molar-refractivity contribution in [2.24, 2.45) is 5.41 Å². The predicted molar refractivity (Wildman–Crippen MR) is 142 cm³/mol. The average Bonchev–Trinajstić information content (AvgIpc) is 2.89. The van der Waals surface area contributed by atoms with Gasteiger partial charge in [0.15, 0.2) is 6.71 Å². The summed E-state index contributed by atoms with van der Waals surface area (Å²) in [6, 6.07) is 2.74. The molecule has 4 nitrogen and oxygen atoms in total. The van der Waals surface area contributed by atoms with Gasteiger partial charge in [0.1, 0.15) is 0 Å². The van der Waals surface area contributed by atoms with Crippen molar-refractivity contribution in [2.75, 3.05) is 26.2 Å².